The average molecular weight is 337 g/mol. The topological polar surface area (TPSA) is 64.9 Å². The van der Waals surface area contributed by atoms with E-state index in [4.69, 9.17) is 0 Å². The van der Waals surface area contributed by atoms with Gasteiger partial charge in [-0.2, -0.15) is 5.26 Å². The number of carbonyl (C=O) groups is 1. The zero-order valence-corrected chi connectivity index (χ0v) is 14.6. The lowest BCUT2D eigenvalue weighted by atomic mass is 10.0. The predicted octanol–water partition coefficient (Wildman–Crippen LogP) is 3.53. The third kappa shape index (κ3) is 3.25. The summed E-state index contributed by atoms with van der Waals surface area (Å²) in [7, 11) is 0. The van der Waals surface area contributed by atoms with Crippen molar-refractivity contribution in [3.63, 3.8) is 0 Å². The van der Waals surface area contributed by atoms with Gasteiger partial charge in [0.25, 0.3) is 0 Å². The number of hydrogen-bond donors (Lipinski definition) is 2. The van der Waals surface area contributed by atoms with E-state index in [9.17, 15) is 10.1 Å². The number of benzene rings is 1. The van der Waals surface area contributed by atoms with E-state index >= 15 is 0 Å². The second-order valence-electron chi connectivity index (χ2n) is 5.86. The lowest BCUT2D eigenvalue weighted by Gasteiger charge is -2.11. The molecule has 0 radical (unpaired) electrons. The zero-order chi connectivity index (χ0) is 17.1. The highest BCUT2D eigenvalue weighted by Crippen LogP contribution is 2.34. The van der Waals surface area contributed by atoms with Crippen LogP contribution in [0.4, 0.5) is 5.00 Å². The molecule has 5 heteroatoms. The number of carbonyl (C=O) groups excluding carboxylic acids is 1. The Balaban J connectivity index is 1.78. The van der Waals surface area contributed by atoms with Crippen molar-refractivity contribution in [2.45, 2.75) is 26.8 Å². The average Bonchev–Trinajstić information content (AvgIpc) is 2.93. The first kappa shape index (κ1) is 16.4. The van der Waals surface area contributed by atoms with Gasteiger partial charge in [0.15, 0.2) is 0 Å². The fraction of sp³-hybridized carbons (Fsp3) is 0.263. The molecular formula is C19H19N3OS. The van der Waals surface area contributed by atoms with Crippen molar-refractivity contribution < 1.29 is 4.79 Å². The molecule has 0 aliphatic carbocycles. The Morgan fingerprint density at radius 3 is 3.04 bits per heavy atom. The Hall–Kier alpha value is -2.42. The van der Waals surface area contributed by atoms with Crippen molar-refractivity contribution in [2.75, 3.05) is 11.9 Å². The minimum atomic E-state index is -0.209. The molecule has 1 aromatic carbocycles. The van der Waals surface area contributed by atoms with E-state index in [1.54, 1.807) is 0 Å². The van der Waals surface area contributed by atoms with E-state index in [1.807, 2.05) is 25.1 Å². The van der Waals surface area contributed by atoms with Crippen LogP contribution in [0.2, 0.25) is 0 Å². The van der Waals surface area contributed by atoms with Gasteiger partial charge in [-0.25, -0.2) is 0 Å². The van der Waals surface area contributed by atoms with Crippen LogP contribution in [0, 0.1) is 25.2 Å². The number of rotatable bonds is 3. The Bertz CT molecular complexity index is 858. The summed E-state index contributed by atoms with van der Waals surface area (Å²) in [5.74, 6) is -0.209. The summed E-state index contributed by atoms with van der Waals surface area (Å²) < 4.78 is 0. The van der Waals surface area contributed by atoms with Gasteiger partial charge in [0.1, 0.15) is 11.1 Å². The van der Waals surface area contributed by atoms with E-state index in [0.29, 0.717) is 10.6 Å². The maximum Gasteiger partial charge on any atom is 0.249 e. The predicted molar refractivity (Wildman–Crippen MR) is 98.0 cm³/mol. The van der Waals surface area contributed by atoms with Gasteiger partial charge in [0.2, 0.25) is 5.91 Å². The van der Waals surface area contributed by atoms with Crippen LogP contribution in [-0.2, 0) is 17.8 Å². The van der Waals surface area contributed by atoms with E-state index in [2.05, 4.69) is 29.7 Å². The van der Waals surface area contributed by atoms with Gasteiger partial charge in [-0.05, 0) is 55.1 Å². The number of hydrogen-bond acceptors (Lipinski definition) is 4. The van der Waals surface area contributed by atoms with Crippen molar-refractivity contribution in [3.8, 4) is 6.07 Å². The molecule has 3 rings (SSSR count). The minimum Gasteiger partial charge on any atom is -0.313 e. The van der Waals surface area contributed by atoms with Crippen LogP contribution < -0.4 is 10.6 Å². The SMILES string of the molecule is Cc1cccc(C=CC(=O)Nc2sc3c(c2C#N)CCNC3)c1C. The molecule has 0 fully saturated rings. The first-order valence-corrected chi connectivity index (χ1v) is 8.72. The Morgan fingerprint density at radius 2 is 2.25 bits per heavy atom. The highest BCUT2D eigenvalue weighted by molar-refractivity contribution is 7.16. The quantitative estimate of drug-likeness (QED) is 0.842. The normalized spacial score (nSPS) is 13.5. The molecule has 1 amide bonds. The van der Waals surface area contributed by atoms with Gasteiger partial charge in [0, 0.05) is 17.5 Å². The molecule has 0 saturated carbocycles. The number of nitriles is 1. The third-order valence-electron chi connectivity index (χ3n) is 4.34. The van der Waals surface area contributed by atoms with Gasteiger partial charge in [-0.1, -0.05) is 18.2 Å². The molecule has 0 bridgehead atoms. The van der Waals surface area contributed by atoms with E-state index < -0.39 is 0 Å². The molecule has 0 atom stereocenters. The van der Waals surface area contributed by atoms with Crippen molar-refractivity contribution in [1.29, 1.82) is 5.26 Å². The molecule has 0 unspecified atom stereocenters. The van der Waals surface area contributed by atoms with Crippen molar-refractivity contribution >= 4 is 28.3 Å². The Labute approximate surface area is 145 Å². The van der Waals surface area contributed by atoms with Gasteiger partial charge in [0.05, 0.1) is 5.56 Å². The monoisotopic (exact) mass is 337 g/mol. The summed E-state index contributed by atoms with van der Waals surface area (Å²) in [6.45, 7) is 5.73. The molecule has 1 aromatic heterocycles. The van der Waals surface area contributed by atoms with Gasteiger partial charge in [-0.3, -0.25) is 4.79 Å². The highest BCUT2D eigenvalue weighted by Gasteiger charge is 2.21. The van der Waals surface area contributed by atoms with Crippen LogP contribution in [0.1, 0.15) is 32.7 Å². The number of aryl methyl sites for hydroxylation is 1. The van der Waals surface area contributed by atoms with Crippen molar-refractivity contribution in [1.82, 2.24) is 5.32 Å². The van der Waals surface area contributed by atoms with Crippen LogP contribution in [0.25, 0.3) is 6.08 Å². The largest absolute Gasteiger partial charge is 0.313 e. The third-order valence-corrected chi connectivity index (χ3v) is 5.48. The van der Waals surface area contributed by atoms with E-state index in [1.165, 1.54) is 23.0 Å². The summed E-state index contributed by atoms with van der Waals surface area (Å²) in [5.41, 5.74) is 5.08. The molecule has 1 aliphatic rings. The summed E-state index contributed by atoms with van der Waals surface area (Å²) in [6, 6.07) is 8.26. The summed E-state index contributed by atoms with van der Waals surface area (Å²) >= 11 is 1.49. The first-order valence-electron chi connectivity index (χ1n) is 7.90. The molecule has 2 N–H and O–H groups in total. The van der Waals surface area contributed by atoms with Crippen LogP contribution in [0.3, 0.4) is 0 Å². The van der Waals surface area contributed by atoms with E-state index in [-0.39, 0.29) is 5.91 Å². The van der Waals surface area contributed by atoms with Crippen molar-refractivity contribution in [3.05, 3.63) is 57.0 Å². The number of amides is 1. The highest BCUT2D eigenvalue weighted by atomic mass is 32.1. The fourth-order valence-electron chi connectivity index (χ4n) is 2.81. The second-order valence-corrected chi connectivity index (χ2v) is 6.96. The number of nitrogens with one attached hydrogen (secondary N) is 2. The van der Waals surface area contributed by atoms with Crippen LogP contribution >= 0.6 is 11.3 Å². The molecule has 1 aliphatic heterocycles. The molecule has 2 heterocycles. The summed E-state index contributed by atoms with van der Waals surface area (Å²) in [5, 5.41) is 16.2. The smallest absolute Gasteiger partial charge is 0.249 e. The van der Waals surface area contributed by atoms with Gasteiger partial charge >= 0.3 is 0 Å². The maximum absolute atomic E-state index is 12.2. The molecule has 122 valence electrons. The standard InChI is InChI=1S/C19H19N3OS/c1-12-4-3-5-14(13(12)2)6-7-18(23)22-19-16(10-20)15-8-9-21-11-17(15)24-19/h3-7,21H,8-9,11H2,1-2H3,(H,22,23). The van der Waals surface area contributed by atoms with Gasteiger partial charge < -0.3 is 10.6 Å². The number of fused-ring (bicyclic) bond motifs is 1. The van der Waals surface area contributed by atoms with Crippen LogP contribution in [0.15, 0.2) is 24.3 Å². The zero-order valence-electron chi connectivity index (χ0n) is 13.8. The van der Waals surface area contributed by atoms with Crippen molar-refractivity contribution in [2.24, 2.45) is 0 Å². The molecule has 0 saturated heterocycles. The van der Waals surface area contributed by atoms with Crippen LogP contribution in [0.5, 0.6) is 0 Å². The minimum absolute atomic E-state index is 0.209. The molecule has 24 heavy (non-hydrogen) atoms. The molecule has 0 spiro atoms. The van der Waals surface area contributed by atoms with Crippen LogP contribution in [-0.4, -0.2) is 12.5 Å². The Morgan fingerprint density at radius 1 is 1.42 bits per heavy atom. The Kier molecular flexibility index (Phi) is 4.79. The lowest BCUT2D eigenvalue weighted by Crippen LogP contribution is -2.22. The number of anilines is 1. The lowest BCUT2D eigenvalue weighted by molar-refractivity contribution is -0.111. The number of nitrogens with zero attached hydrogens (tertiary/aromatic N) is 1. The molecule has 4 nitrogen and oxygen atoms in total. The molecular weight excluding hydrogens is 318 g/mol. The first-order chi connectivity index (χ1) is 11.6. The maximum atomic E-state index is 12.2. The van der Waals surface area contributed by atoms with Gasteiger partial charge in [-0.15, -0.1) is 11.3 Å². The summed E-state index contributed by atoms with van der Waals surface area (Å²) in [4.78, 5) is 13.4. The summed E-state index contributed by atoms with van der Waals surface area (Å²) in [6.07, 6.45) is 4.18. The fourth-order valence-corrected chi connectivity index (χ4v) is 3.98. The number of thiophene rings is 1. The van der Waals surface area contributed by atoms with E-state index in [0.717, 1.165) is 41.1 Å². The molecule has 2 aromatic rings. The second kappa shape index (κ2) is 7.00.